The van der Waals surface area contributed by atoms with Crippen LogP contribution in [-0.2, 0) is 20.8 Å². The van der Waals surface area contributed by atoms with Crippen molar-refractivity contribution in [3.05, 3.63) is 100 Å². The number of para-hydroxylation sites is 1. The molecule has 2 heterocycles. The minimum Gasteiger partial charge on any atom is -0.273 e. The molecule has 3 aromatic rings. The Kier molecular flexibility index (Phi) is 5.14. The summed E-state index contributed by atoms with van der Waals surface area (Å²) < 4.78 is 0. The first-order chi connectivity index (χ1) is 16.0. The third-order valence-corrected chi connectivity index (χ3v) is 6.17. The van der Waals surface area contributed by atoms with Crippen LogP contribution in [0.4, 0.5) is 17.1 Å². The number of carbonyl (C=O) groups is 2. The van der Waals surface area contributed by atoms with Crippen molar-refractivity contribution in [3.63, 3.8) is 0 Å². The zero-order chi connectivity index (χ0) is 23.1. The van der Waals surface area contributed by atoms with E-state index >= 15 is 0 Å². The molecule has 33 heavy (non-hydrogen) atoms. The fraction of sp³-hybridized carbons (Fsp3) is 0.200. The van der Waals surface area contributed by atoms with Gasteiger partial charge in [0.25, 0.3) is 11.6 Å². The fourth-order valence-corrected chi connectivity index (χ4v) is 4.48. The number of anilines is 2. The molecule has 0 aromatic heterocycles. The predicted octanol–water partition coefficient (Wildman–Crippen LogP) is 4.21. The highest BCUT2D eigenvalue weighted by Gasteiger charge is 2.60. The summed E-state index contributed by atoms with van der Waals surface area (Å²) in [5.74, 6) is -1.62. The van der Waals surface area contributed by atoms with Crippen LogP contribution in [0.5, 0.6) is 0 Å². The molecule has 2 aliphatic rings. The first-order valence-electron chi connectivity index (χ1n) is 10.7. The largest absolute Gasteiger partial charge is 0.273 e. The van der Waals surface area contributed by atoms with Crippen LogP contribution >= 0.6 is 0 Å². The van der Waals surface area contributed by atoms with Crippen molar-refractivity contribution in [2.75, 3.05) is 9.96 Å². The molecule has 0 unspecified atom stereocenters. The third-order valence-electron chi connectivity index (χ3n) is 6.17. The van der Waals surface area contributed by atoms with E-state index in [-0.39, 0.29) is 11.6 Å². The van der Waals surface area contributed by atoms with Gasteiger partial charge < -0.3 is 0 Å². The summed E-state index contributed by atoms with van der Waals surface area (Å²) in [4.78, 5) is 44.5. The van der Waals surface area contributed by atoms with Gasteiger partial charge in [-0.25, -0.2) is 9.96 Å². The maximum Gasteiger partial charge on any atom is 0.269 e. The van der Waals surface area contributed by atoms with Crippen molar-refractivity contribution in [1.29, 1.82) is 0 Å². The van der Waals surface area contributed by atoms with Crippen molar-refractivity contribution in [1.82, 2.24) is 0 Å². The number of non-ortho nitro benzene ring substituents is 1. The highest BCUT2D eigenvalue weighted by molar-refractivity contribution is 6.23. The number of hydroxylamine groups is 1. The van der Waals surface area contributed by atoms with E-state index in [1.807, 2.05) is 54.6 Å². The SMILES string of the molecule is CCc1ccc([C@H]2[C@H]3C(=O)N(c4ccc([N+](=O)[O-])cc4)C(=O)[C@@H]3ON2c2ccccc2)cc1. The van der Waals surface area contributed by atoms with E-state index in [1.165, 1.54) is 29.8 Å². The third kappa shape index (κ3) is 3.44. The highest BCUT2D eigenvalue weighted by Crippen LogP contribution is 2.47. The van der Waals surface area contributed by atoms with Crippen molar-refractivity contribution < 1.29 is 19.3 Å². The lowest BCUT2D eigenvalue weighted by atomic mass is 9.90. The molecule has 8 nitrogen and oxygen atoms in total. The molecule has 0 bridgehead atoms. The van der Waals surface area contributed by atoms with E-state index in [0.717, 1.165) is 22.6 Å². The number of rotatable bonds is 5. The quantitative estimate of drug-likeness (QED) is 0.333. The number of amides is 2. The maximum atomic E-state index is 13.6. The van der Waals surface area contributed by atoms with E-state index in [1.54, 1.807) is 5.06 Å². The average Bonchev–Trinajstić information content (AvgIpc) is 3.35. The Bertz CT molecular complexity index is 1210. The number of imide groups is 1. The number of nitro benzene ring substituents is 1. The molecule has 8 heteroatoms. The van der Waals surface area contributed by atoms with E-state index in [0.29, 0.717) is 5.69 Å². The van der Waals surface area contributed by atoms with Crippen LogP contribution in [0.3, 0.4) is 0 Å². The molecule has 2 fully saturated rings. The van der Waals surface area contributed by atoms with Crippen LogP contribution in [0.1, 0.15) is 24.1 Å². The van der Waals surface area contributed by atoms with E-state index in [9.17, 15) is 19.7 Å². The van der Waals surface area contributed by atoms with Crippen molar-refractivity contribution in [2.24, 2.45) is 5.92 Å². The van der Waals surface area contributed by atoms with E-state index < -0.39 is 28.9 Å². The molecule has 0 radical (unpaired) electrons. The molecule has 0 N–H and O–H groups in total. The molecule has 0 spiro atoms. The Hall–Kier alpha value is -4.04. The number of aryl methyl sites for hydroxylation is 1. The van der Waals surface area contributed by atoms with Crippen LogP contribution in [0.2, 0.25) is 0 Å². The van der Waals surface area contributed by atoms with E-state index in [2.05, 4.69) is 6.92 Å². The maximum absolute atomic E-state index is 13.6. The molecular weight excluding hydrogens is 422 g/mol. The summed E-state index contributed by atoms with van der Waals surface area (Å²) >= 11 is 0. The Morgan fingerprint density at radius 1 is 0.879 bits per heavy atom. The summed E-state index contributed by atoms with van der Waals surface area (Å²) in [6.45, 7) is 2.07. The number of nitro groups is 1. The topological polar surface area (TPSA) is 93.0 Å². The fourth-order valence-electron chi connectivity index (χ4n) is 4.48. The minimum atomic E-state index is -0.983. The summed E-state index contributed by atoms with van der Waals surface area (Å²) in [6.07, 6.45) is -0.0925. The van der Waals surface area contributed by atoms with Crippen molar-refractivity contribution in [3.8, 4) is 0 Å². The molecule has 0 saturated carbocycles. The molecule has 166 valence electrons. The number of hydrogen-bond acceptors (Lipinski definition) is 6. The van der Waals surface area contributed by atoms with Crippen molar-refractivity contribution in [2.45, 2.75) is 25.5 Å². The zero-order valence-electron chi connectivity index (χ0n) is 17.8. The summed E-state index contributed by atoms with van der Waals surface area (Å²) in [6, 6.07) is 22.2. The van der Waals surface area contributed by atoms with Crippen molar-refractivity contribution >= 4 is 28.9 Å². The predicted molar refractivity (Wildman–Crippen MR) is 121 cm³/mol. The van der Waals surface area contributed by atoms with Gasteiger partial charge in [-0.3, -0.25) is 24.5 Å². The first-order valence-corrected chi connectivity index (χ1v) is 10.7. The van der Waals surface area contributed by atoms with Gasteiger partial charge in [-0.15, -0.1) is 0 Å². The normalized spacial score (nSPS) is 22.0. The summed E-state index contributed by atoms with van der Waals surface area (Å²) in [5.41, 5.74) is 2.97. The number of benzene rings is 3. The number of hydrogen-bond donors (Lipinski definition) is 0. The smallest absolute Gasteiger partial charge is 0.269 e. The number of fused-ring (bicyclic) bond motifs is 1. The van der Waals surface area contributed by atoms with Crippen LogP contribution in [0.25, 0.3) is 0 Å². The molecule has 3 atom stereocenters. The van der Waals surface area contributed by atoms with Gasteiger partial charge in [0, 0.05) is 12.1 Å². The van der Waals surface area contributed by atoms with Gasteiger partial charge in [-0.2, -0.15) is 0 Å². The lowest BCUT2D eigenvalue weighted by molar-refractivity contribution is -0.384. The number of nitrogens with zero attached hydrogens (tertiary/aromatic N) is 3. The van der Waals surface area contributed by atoms with Gasteiger partial charge in [-0.05, 0) is 41.8 Å². The standard InChI is InChI=1S/C25H21N3O5/c1-2-16-8-10-17(11-9-16)22-21-23(33-27(22)19-6-4-3-5-7-19)25(30)26(24(21)29)18-12-14-20(15-13-18)28(31)32/h3-15,21-23H,2H2,1H3/t21-,22+,23-/m1/s1. The second kappa shape index (κ2) is 8.14. The van der Waals surface area contributed by atoms with Gasteiger partial charge >= 0.3 is 0 Å². The molecule has 2 saturated heterocycles. The Labute approximate surface area is 190 Å². The second-order valence-electron chi connectivity index (χ2n) is 8.04. The Morgan fingerprint density at radius 3 is 2.15 bits per heavy atom. The summed E-state index contributed by atoms with van der Waals surface area (Å²) in [5, 5.41) is 12.6. The first kappa shape index (κ1) is 20.8. The van der Waals surface area contributed by atoms with Gasteiger partial charge in [0.05, 0.1) is 22.3 Å². The Balaban J connectivity index is 1.54. The van der Waals surface area contributed by atoms with E-state index in [4.69, 9.17) is 4.84 Å². The van der Waals surface area contributed by atoms with Gasteiger partial charge in [-0.1, -0.05) is 49.4 Å². The van der Waals surface area contributed by atoms with Gasteiger partial charge in [0.2, 0.25) is 5.91 Å². The van der Waals surface area contributed by atoms with Crippen LogP contribution in [0.15, 0.2) is 78.9 Å². The van der Waals surface area contributed by atoms with Crippen LogP contribution in [0, 0.1) is 16.0 Å². The van der Waals surface area contributed by atoms with Crippen LogP contribution in [-0.4, -0.2) is 22.8 Å². The molecule has 2 aliphatic heterocycles. The number of carbonyl (C=O) groups excluding carboxylic acids is 2. The molecule has 2 amide bonds. The zero-order valence-corrected chi connectivity index (χ0v) is 17.8. The van der Waals surface area contributed by atoms with Gasteiger partial charge in [0.15, 0.2) is 6.10 Å². The minimum absolute atomic E-state index is 0.113. The van der Waals surface area contributed by atoms with Gasteiger partial charge in [0.1, 0.15) is 5.92 Å². The molecule has 5 rings (SSSR count). The molecule has 0 aliphatic carbocycles. The monoisotopic (exact) mass is 443 g/mol. The molecular formula is C25H21N3O5. The second-order valence-corrected chi connectivity index (χ2v) is 8.04. The van der Waals surface area contributed by atoms with Crippen LogP contribution < -0.4 is 9.96 Å². The average molecular weight is 443 g/mol. The summed E-state index contributed by atoms with van der Waals surface area (Å²) in [7, 11) is 0. The lowest BCUT2D eigenvalue weighted by Gasteiger charge is -2.28. The lowest BCUT2D eigenvalue weighted by Crippen LogP contribution is -2.37. The highest BCUT2D eigenvalue weighted by atomic mass is 16.7. The molecule has 3 aromatic carbocycles. The Morgan fingerprint density at radius 2 is 1.55 bits per heavy atom.